The van der Waals surface area contributed by atoms with Crippen LogP contribution < -0.4 is 4.90 Å². The van der Waals surface area contributed by atoms with E-state index >= 15 is 0 Å². The van der Waals surface area contributed by atoms with E-state index in [4.69, 9.17) is 0 Å². The highest BCUT2D eigenvalue weighted by molar-refractivity contribution is 6.15. The Hall–Kier alpha value is -2.72. The predicted molar refractivity (Wildman–Crippen MR) is 113 cm³/mol. The van der Waals surface area contributed by atoms with Crippen LogP contribution in [0.5, 0.6) is 0 Å². The van der Waals surface area contributed by atoms with E-state index in [-0.39, 0.29) is 11.9 Å². The summed E-state index contributed by atoms with van der Waals surface area (Å²) in [5.74, 6) is 0.482. The third kappa shape index (κ3) is 2.63. The summed E-state index contributed by atoms with van der Waals surface area (Å²) in [6.07, 6.45) is 1.00. The second-order valence-corrected chi connectivity index (χ2v) is 8.29. The van der Waals surface area contributed by atoms with E-state index < -0.39 is 0 Å². The molecule has 1 aromatic heterocycles. The molecule has 1 amide bonds. The first-order valence-corrected chi connectivity index (χ1v) is 10.0. The van der Waals surface area contributed by atoms with Crippen molar-refractivity contribution in [3.63, 3.8) is 0 Å². The molecule has 3 aromatic rings. The number of benzene rings is 2. The van der Waals surface area contributed by atoms with Gasteiger partial charge in [0, 0.05) is 35.3 Å². The van der Waals surface area contributed by atoms with E-state index in [0.29, 0.717) is 5.92 Å². The van der Waals surface area contributed by atoms with Crippen LogP contribution in [0.3, 0.4) is 0 Å². The Morgan fingerprint density at radius 3 is 2.79 bits per heavy atom. The van der Waals surface area contributed by atoms with Gasteiger partial charge in [0.05, 0.1) is 11.1 Å². The van der Waals surface area contributed by atoms with Crippen LogP contribution in [0.15, 0.2) is 48.5 Å². The molecule has 1 fully saturated rings. The van der Waals surface area contributed by atoms with Crippen molar-refractivity contribution in [2.75, 3.05) is 25.0 Å². The molecule has 2 aromatic carbocycles. The summed E-state index contributed by atoms with van der Waals surface area (Å²) in [5, 5.41) is 0.933. The summed E-state index contributed by atoms with van der Waals surface area (Å²) in [5.41, 5.74) is 6.18. The van der Waals surface area contributed by atoms with Gasteiger partial charge in [0.1, 0.15) is 0 Å². The molecule has 0 N–H and O–H groups in total. The number of pyridine rings is 1. The van der Waals surface area contributed by atoms with Crippen LogP contribution in [0.25, 0.3) is 10.9 Å². The van der Waals surface area contributed by atoms with Gasteiger partial charge in [-0.3, -0.25) is 9.78 Å². The summed E-state index contributed by atoms with van der Waals surface area (Å²) >= 11 is 0. The van der Waals surface area contributed by atoms with Crippen molar-refractivity contribution in [3.8, 4) is 0 Å². The molecule has 2 aliphatic rings. The van der Waals surface area contributed by atoms with Crippen molar-refractivity contribution >= 4 is 22.5 Å². The van der Waals surface area contributed by atoms with Crippen molar-refractivity contribution in [3.05, 3.63) is 70.9 Å². The zero-order valence-electron chi connectivity index (χ0n) is 16.6. The Balaban J connectivity index is 1.66. The molecule has 0 spiro atoms. The number of carbonyl (C=O) groups excluding carboxylic acids is 1. The first-order chi connectivity index (χ1) is 13.5. The average Bonchev–Trinajstić information content (AvgIpc) is 2.99. The standard InChI is InChI=1S/C24H25N3O/c1-15-8-9-22-18(12-15)20-14-26(3)11-10-23(20)27(22)24(28)19-13-16(2)25-21-7-5-4-6-17(19)21/h4-9,12-13,20,23H,10-11,14H2,1-3H3/t20-,23-/m1/s1. The van der Waals surface area contributed by atoms with Gasteiger partial charge in [0.15, 0.2) is 0 Å². The Kier molecular flexibility index (Phi) is 3.98. The lowest BCUT2D eigenvalue weighted by Gasteiger charge is -2.36. The fourth-order valence-corrected chi connectivity index (χ4v) is 4.96. The van der Waals surface area contributed by atoms with E-state index in [1.807, 2.05) is 37.3 Å². The molecule has 4 nitrogen and oxygen atoms in total. The van der Waals surface area contributed by atoms with Crippen LogP contribution in [0.2, 0.25) is 0 Å². The van der Waals surface area contributed by atoms with Crippen molar-refractivity contribution in [2.24, 2.45) is 0 Å². The molecule has 2 aliphatic heterocycles. The number of aryl methyl sites for hydroxylation is 2. The number of fused-ring (bicyclic) bond motifs is 4. The fraction of sp³-hybridized carbons (Fsp3) is 0.333. The predicted octanol–water partition coefficient (Wildman–Crippen LogP) is 4.30. The summed E-state index contributed by atoms with van der Waals surface area (Å²) < 4.78 is 0. The van der Waals surface area contributed by atoms with Crippen LogP contribution in [0, 0.1) is 13.8 Å². The number of para-hydroxylation sites is 1. The van der Waals surface area contributed by atoms with Gasteiger partial charge in [0.2, 0.25) is 0 Å². The highest BCUT2D eigenvalue weighted by Crippen LogP contribution is 2.45. The maximum atomic E-state index is 13.9. The third-order valence-corrected chi connectivity index (χ3v) is 6.25. The van der Waals surface area contributed by atoms with Gasteiger partial charge in [0.25, 0.3) is 5.91 Å². The second kappa shape index (κ2) is 6.42. The smallest absolute Gasteiger partial charge is 0.259 e. The molecule has 1 saturated heterocycles. The normalized spacial score (nSPS) is 21.6. The Labute approximate surface area is 165 Å². The molecule has 28 heavy (non-hydrogen) atoms. The Morgan fingerprint density at radius 1 is 1.11 bits per heavy atom. The minimum Gasteiger partial charge on any atom is -0.306 e. The molecule has 142 valence electrons. The van der Waals surface area contributed by atoms with Crippen LogP contribution >= 0.6 is 0 Å². The van der Waals surface area contributed by atoms with Crippen LogP contribution in [0.1, 0.15) is 39.5 Å². The number of likely N-dealkylation sites (tertiary alicyclic amines) is 1. The number of hydrogen-bond donors (Lipinski definition) is 0. The number of aromatic nitrogens is 1. The van der Waals surface area contributed by atoms with Gasteiger partial charge in [-0.05, 0) is 57.6 Å². The fourth-order valence-electron chi connectivity index (χ4n) is 4.96. The largest absolute Gasteiger partial charge is 0.306 e. The number of likely N-dealkylation sites (N-methyl/N-ethyl adjacent to an activating group) is 1. The molecule has 5 rings (SSSR count). The Morgan fingerprint density at radius 2 is 1.93 bits per heavy atom. The monoisotopic (exact) mass is 371 g/mol. The number of hydrogen-bond acceptors (Lipinski definition) is 3. The maximum Gasteiger partial charge on any atom is 0.259 e. The molecule has 2 atom stereocenters. The van der Waals surface area contributed by atoms with Gasteiger partial charge in [-0.15, -0.1) is 0 Å². The molecule has 0 bridgehead atoms. The highest BCUT2D eigenvalue weighted by Gasteiger charge is 2.44. The number of piperidine rings is 1. The van der Waals surface area contributed by atoms with E-state index in [9.17, 15) is 4.79 Å². The number of nitrogens with zero attached hydrogens (tertiary/aromatic N) is 3. The van der Waals surface area contributed by atoms with Gasteiger partial charge < -0.3 is 9.80 Å². The summed E-state index contributed by atoms with van der Waals surface area (Å²) in [6.45, 7) is 6.12. The van der Waals surface area contributed by atoms with Gasteiger partial charge in [-0.25, -0.2) is 0 Å². The van der Waals surface area contributed by atoms with Crippen LogP contribution in [0.4, 0.5) is 5.69 Å². The number of amides is 1. The topological polar surface area (TPSA) is 36.4 Å². The highest BCUT2D eigenvalue weighted by atomic mass is 16.2. The van der Waals surface area contributed by atoms with E-state index in [1.54, 1.807) is 0 Å². The maximum absolute atomic E-state index is 13.9. The molecule has 0 unspecified atom stereocenters. The van der Waals surface area contributed by atoms with Gasteiger partial charge in [-0.1, -0.05) is 35.9 Å². The van der Waals surface area contributed by atoms with E-state index in [0.717, 1.165) is 47.4 Å². The summed E-state index contributed by atoms with van der Waals surface area (Å²) in [7, 11) is 2.18. The number of rotatable bonds is 1. The lowest BCUT2D eigenvalue weighted by Crippen LogP contribution is -2.47. The van der Waals surface area contributed by atoms with Gasteiger partial charge in [-0.2, -0.15) is 0 Å². The molecule has 4 heteroatoms. The van der Waals surface area contributed by atoms with Crippen molar-refractivity contribution in [1.29, 1.82) is 0 Å². The molecule has 3 heterocycles. The zero-order chi connectivity index (χ0) is 19.4. The third-order valence-electron chi connectivity index (χ3n) is 6.25. The molecule has 0 saturated carbocycles. The van der Waals surface area contributed by atoms with Crippen LogP contribution in [-0.2, 0) is 0 Å². The molecule has 0 aliphatic carbocycles. The summed E-state index contributed by atoms with van der Waals surface area (Å²) in [6, 6.07) is 16.7. The first kappa shape index (κ1) is 17.4. The van der Waals surface area contributed by atoms with E-state index in [2.05, 4.69) is 47.0 Å². The van der Waals surface area contributed by atoms with Gasteiger partial charge >= 0.3 is 0 Å². The van der Waals surface area contributed by atoms with Crippen LogP contribution in [-0.4, -0.2) is 42.0 Å². The Bertz CT molecular complexity index is 1090. The minimum absolute atomic E-state index is 0.101. The van der Waals surface area contributed by atoms with Crippen molar-refractivity contribution in [2.45, 2.75) is 32.2 Å². The van der Waals surface area contributed by atoms with Crippen molar-refractivity contribution in [1.82, 2.24) is 9.88 Å². The van der Waals surface area contributed by atoms with E-state index in [1.165, 1.54) is 11.1 Å². The average molecular weight is 371 g/mol. The molecular formula is C24H25N3O. The molecular weight excluding hydrogens is 346 g/mol. The lowest BCUT2D eigenvalue weighted by molar-refractivity contribution is 0.0966. The second-order valence-electron chi connectivity index (χ2n) is 8.29. The summed E-state index contributed by atoms with van der Waals surface area (Å²) in [4.78, 5) is 23.0. The minimum atomic E-state index is 0.101. The lowest BCUT2D eigenvalue weighted by atomic mass is 9.88. The quantitative estimate of drug-likeness (QED) is 0.640. The molecule has 0 radical (unpaired) electrons. The SMILES string of the molecule is Cc1ccc2c(c1)[C@H]1CN(C)CC[C@H]1N2C(=O)c1cc(C)nc2ccccc12. The first-order valence-electron chi connectivity index (χ1n) is 10.0. The number of carbonyl (C=O) groups is 1. The van der Waals surface area contributed by atoms with Crippen molar-refractivity contribution < 1.29 is 4.79 Å². The zero-order valence-corrected chi connectivity index (χ0v) is 16.6. The number of anilines is 1.